The number of rotatable bonds is 7. The van der Waals surface area contributed by atoms with Gasteiger partial charge >= 0.3 is 0 Å². The van der Waals surface area contributed by atoms with Gasteiger partial charge in [-0.3, -0.25) is 0 Å². The lowest BCUT2D eigenvalue weighted by atomic mass is 9.83. The molecule has 1 saturated heterocycles. The summed E-state index contributed by atoms with van der Waals surface area (Å²) >= 11 is 5.35. The zero-order valence-electron chi connectivity index (χ0n) is 12.3. The van der Waals surface area contributed by atoms with Gasteiger partial charge < -0.3 is 14.8 Å². The Labute approximate surface area is 134 Å². The lowest BCUT2D eigenvalue weighted by molar-refractivity contribution is -0.110. The van der Waals surface area contributed by atoms with Gasteiger partial charge in [0.15, 0.2) is 0 Å². The summed E-state index contributed by atoms with van der Waals surface area (Å²) in [6.45, 7) is 4.83. The Morgan fingerprint density at radius 1 is 1.50 bits per heavy atom. The number of hydrogen-bond acceptors (Lipinski definition) is 4. The van der Waals surface area contributed by atoms with Crippen LogP contribution >= 0.6 is 27.3 Å². The molecule has 114 valence electrons. The third-order valence-electron chi connectivity index (χ3n) is 4.05. The Balaban J connectivity index is 2.11. The Morgan fingerprint density at radius 2 is 2.25 bits per heavy atom. The van der Waals surface area contributed by atoms with Crippen molar-refractivity contribution >= 4 is 27.3 Å². The number of nitrogens with one attached hydrogen (secondary N) is 1. The molecule has 0 spiro atoms. The molecule has 1 atom stereocenters. The molecule has 1 aliphatic rings. The van der Waals surface area contributed by atoms with E-state index in [1.54, 1.807) is 0 Å². The molecular weight excluding hydrogens is 338 g/mol. The second-order valence-electron chi connectivity index (χ2n) is 5.32. The average molecular weight is 362 g/mol. The maximum absolute atomic E-state index is 5.97. The van der Waals surface area contributed by atoms with E-state index in [0.717, 1.165) is 45.4 Å². The highest BCUT2D eigenvalue weighted by molar-refractivity contribution is 9.10. The molecule has 1 N–H and O–H groups in total. The summed E-state index contributed by atoms with van der Waals surface area (Å²) in [5.74, 6) is 0. The van der Waals surface area contributed by atoms with E-state index in [4.69, 9.17) is 9.47 Å². The number of methoxy groups -OCH3 is 1. The molecule has 0 bridgehead atoms. The van der Waals surface area contributed by atoms with Crippen LogP contribution in [0.3, 0.4) is 0 Å². The van der Waals surface area contributed by atoms with Crippen LogP contribution in [0.4, 0.5) is 0 Å². The molecule has 0 saturated carbocycles. The van der Waals surface area contributed by atoms with Gasteiger partial charge in [0.2, 0.25) is 0 Å². The van der Waals surface area contributed by atoms with Crippen molar-refractivity contribution in [2.45, 2.75) is 44.2 Å². The molecule has 1 aromatic rings. The van der Waals surface area contributed by atoms with Gasteiger partial charge in [0, 0.05) is 53.9 Å². The summed E-state index contributed by atoms with van der Waals surface area (Å²) in [5, 5.41) is 5.85. The molecule has 0 amide bonds. The van der Waals surface area contributed by atoms with Crippen molar-refractivity contribution in [3.63, 3.8) is 0 Å². The maximum Gasteiger partial charge on any atom is 0.0878 e. The zero-order valence-corrected chi connectivity index (χ0v) is 14.7. The first-order valence-corrected chi connectivity index (χ1v) is 8.96. The smallest absolute Gasteiger partial charge is 0.0878 e. The second-order valence-corrected chi connectivity index (χ2v) is 7.23. The highest BCUT2D eigenvalue weighted by Crippen LogP contribution is 2.32. The monoisotopic (exact) mass is 361 g/mol. The summed E-state index contributed by atoms with van der Waals surface area (Å²) < 4.78 is 12.7. The molecule has 2 heterocycles. The fraction of sp³-hybridized carbons (Fsp3) is 0.733. The van der Waals surface area contributed by atoms with Crippen molar-refractivity contribution in [2.24, 2.45) is 0 Å². The predicted molar refractivity (Wildman–Crippen MR) is 87.6 cm³/mol. The Morgan fingerprint density at radius 3 is 2.80 bits per heavy atom. The fourth-order valence-corrected chi connectivity index (χ4v) is 4.33. The predicted octanol–water partition coefficient (Wildman–Crippen LogP) is 3.62. The highest BCUT2D eigenvalue weighted by atomic mass is 79.9. The Kier molecular flexibility index (Phi) is 6.49. The first-order valence-electron chi connectivity index (χ1n) is 7.29. The van der Waals surface area contributed by atoms with Crippen molar-refractivity contribution in [1.29, 1.82) is 0 Å². The van der Waals surface area contributed by atoms with E-state index in [0.29, 0.717) is 6.04 Å². The van der Waals surface area contributed by atoms with E-state index in [-0.39, 0.29) is 5.60 Å². The van der Waals surface area contributed by atoms with Crippen LogP contribution < -0.4 is 5.32 Å². The van der Waals surface area contributed by atoms with Gasteiger partial charge in [-0.05, 0) is 41.4 Å². The molecule has 5 heteroatoms. The number of hydrogen-bond donors (Lipinski definition) is 1. The van der Waals surface area contributed by atoms with Gasteiger partial charge in [-0.15, -0.1) is 11.3 Å². The third-order valence-corrected chi connectivity index (χ3v) is 5.77. The first kappa shape index (κ1) is 16.4. The topological polar surface area (TPSA) is 30.5 Å². The summed E-state index contributed by atoms with van der Waals surface area (Å²) in [5.41, 5.74) is -0.0934. The van der Waals surface area contributed by atoms with E-state index >= 15 is 0 Å². The molecule has 1 aliphatic heterocycles. The fourth-order valence-electron chi connectivity index (χ4n) is 2.84. The van der Waals surface area contributed by atoms with E-state index < -0.39 is 0 Å². The van der Waals surface area contributed by atoms with Crippen LogP contribution in [0.1, 0.15) is 31.1 Å². The average Bonchev–Trinajstić information content (AvgIpc) is 2.89. The van der Waals surface area contributed by atoms with Crippen LogP contribution in [0, 0.1) is 0 Å². The summed E-state index contributed by atoms with van der Waals surface area (Å²) in [4.78, 5) is 1.40. The number of thiophene rings is 1. The minimum absolute atomic E-state index is 0.0934. The first-order chi connectivity index (χ1) is 9.70. The lowest BCUT2D eigenvalue weighted by Gasteiger charge is -2.42. The Hall–Kier alpha value is 0.0600. The van der Waals surface area contributed by atoms with Crippen molar-refractivity contribution in [3.8, 4) is 0 Å². The van der Waals surface area contributed by atoms with Crippen LogP contribution in [0.25, 0.3) is 0 Å². The largest absolute Gasteiger partial charge is 0.381 e. The van der Waals surface area contributed by atoms with Gasteiger partial charge in [0.25, 0.3) is 0 Å². The molecule has 1 fully saturated rings. The van der Waals surface area contributed by atoms with E-state index in [1.165, 1.54) is 9.35 Å². The van der Waals surface area contributed by atoms with Gasteiger partial charge in [0.05, 0.1) is 5.60 Å². The summed E-state index contributed by atoms with van der Waals surface area (Å²) in [6.07, 6.45) is 4.10. The molecule has 2 rings (SSSR count). The second kappa shape index (κ2) is 7.90. The van der Waals surface area contributed by atoms with Crippen LogP contribution in [0.2, 0.25) is 0 Å². The summed E-state index contributed by atoms with van der Waals surface area (Å²) in [6, 6.07) is 2.57. The van der Waals surface area contributed by atoms with Crippen molar-refractivity contribution in [2.75, 3.05) is 26.9 Å². The van der Waals surface area contributed by atoms with Crippen LogP contribution in [-0.4, -0.2) is 38.5 Å². The molecule has 0 aliphatic carbocycles. The molecule has 20 heavy (non-hydrogen) atoms. The SMILES string of the molecule is CCCNC(Cc1cc(Br)cs1)C1(OC)CCOCC1. The summed E-state index contributed by atoms with van der Waals surface area (Å²) in [7, 11) is 1.84. The van der Waals surface area contributed by atoms with Crippen molar-refractivity contribution < 1.29 is 9.47 Å². The minimum atomic E-state index is -0.0934. The van der Waals surface area contributed by atoms with Crippen LogP contribution in [-0.2, 0) is 15.9 Å². The molecule has 0 radical (unpaired) electrons. The van der Waals surface area contributed by atoms with Crippen molar-refractivity contribution in [3.05, 3.63) is 20.8 Å². The van der Waals surface area contributed by atoms with E-state index in [1.807, 2.05) is 18.4 Å². The van der Waals surface area contributed by atoms with Gasteiger partial charge in [0.1, 0.15) is 0 Å². The third kappa shape index (κ3) is 4.04. The van der Waals surface area contributed by atoms with Gasteiger partial charge in [-0.2, -0.15) is 0 Å². The normalized spacial score (nSPS) is 19.9. The molecule has 0 aromatic carbocycles. The lowest BCUT2D eigenvalue weighted by Crippen LogP contribution is -2.56. The standard InChI is InChI=1S/C15H24BrNO2S/c1-3-6-17-14(10-13-9-12(16)11-20-13)15(18-2)4-7-19-8-5-15/h9,11,14,17H,3-8,10H2,1-2H3. The zero-order chi connectivity index (χ0) is 14.4. The maximum atomic E-state index is 5.97. The van der Waals surface area contributed by atoms with Gasteiger partial charge in [-0.25, -0.2) is 0 Å². The van der Waals surface area contributed by atoms with Crippen LogP contribution in [0.5, 0.6) is 0 Å². The highest BCUT2D eigenvalue weighted by Gasteiger charge is 2.40. The molecule has 3 nitrogen and oxygen atoms in total. The number of ether oxygens (including phenoxy) is 2. The van der Waals surface area contributed by atoms with Crippen LogP contribution in [0.15, 0.2) is 15.9 Å². The Bertz CT molecular complexity index is 404. The number of halogens is 1. The minimum Gasteiger partial charge on any atom is -0.381 e. The van der Waals surface area contributed by atoms with Crippen molar-refractivity contribution in [1.82, 2.24) is 5.32 Å². The molecule has 1 unspecified atom stereocenters. The van der Waals surface area contributed by atoms with E-state index in [9.17, 15) is 0 Å². The molecular formula is C15H24BrNO2S. The van der Waals surface area contributed by atoms with E-state index in [2.05, 4.69) is 39.6 Å². The van der Waals surface area contributed by atoms with Gasteiger partial charge in [-0.1, -0.05) is 6.92 Å². The quantitative estimate of drug-likeness (QED) is 0.804. The molecule has 1 aromatic heterocycles.